The zero-order chi connectivity index (χ0) is 18.6. The lowest BCUT2D eigenvalue weighted by Crippen LogP contribution is -2.25. The number of halogens is 2. The molecule has 2 N–H and O–H groups in total. The van der Waals surface area contributed by atoms with E-state index in [0.29, 0.717) is 16.6 Å². The summed E-state index contributed by atoms with van der Waals surface area (Å²) in [5, 5.41) is 8.31. The lowest BCUT2D eigenvalue weighted by Gasteiger charge is -2.19. The Morgan fingerprint density at radius 3 is 1.81 bits per heavy atom. The first-order valence-corrected chi connectivity index (χ1v) is 9.57. The standard InChI is InChI=1S/C22H19Cl2N3/c23-18-12-11-17(19(24)13-18)14-25-22-26-20(15-7-3-1-4-8-15)21(27-22)16-9-5-2-6-10-16/h1-13,20-21H,14H2,(H2,25,26,27). The van der Waals surface area contributed by atoms with Crippen LogP contribution in [-0.2, 0) is 6.54 Å². The minimum Gasteiger partial charge on any atom is -0.347 e. The molecule has 4 rings (SSSR count). The Morgan fingerprint density at radius 1 is 0.741 bits per heavy atom. The monoisotopic (exact) mass is 395 g/mol. The van der Waals surface area contributed by atoms with Gasteiger partial charge in [0.05, 0.1) is 18.6 Å². The summed E-state index contributed by atoms with van der Waals surface area (Å²) in [4.78, 5) is 4.70. The van der Waals surface area contributed by atoms with Crippen molar-refractivity contribution < 1.29 is 0 Å². The Morgan fingerprint density at radius 2 is 1.30 bits per heavy atom. The van der Waals surface area contributed by atoms with Gasteiger partial charge in [0.1, 0.15) is 0 Å². The molecular weight excluding hydrogens is 377 g/mol. The van der Waals surface area contributed by atoms with Crippen LogP contribution >= 0.6 is 23.2 Å². The number of hydrogen-bond acceptors (Lipinski definition) is 1. The predicted octanol–water partition coefficient (Wildman–Crippen LogP) is 5.52. The number of aliphatic imine (C=N–C) groups is 1. The normalized spacial score (nSPS) is 18.7. The van der Waals surface area contributed by atoms with Crippen molar-refractivity contribution in [2.24, 2.45) is 4.99 Å². The molecule has 0 amide bonds. The average molecular weight is 396 g/mol. The zero-order valence-corrected chi connectivity index (χ0v) is 16.1. The van der Waals surface area contributed by atoms with Crippen molar-refractivity contribution in [1.29, 1.82) is 0 Å². The topological polar surface area (TPSA) is 36.4 Å². The van der Waals surface area contributed by atoms with E-state index in [-0.39, 0.29) is 12.1 Å². The average Bonchev–Trinajstić information content (AvgIpc) is 3.13. The maximum atomic E-state index is 6.27. The molecule has 2 unspecified atom stereocenters. The highest BCUT2D eigenvalue weighted by Crippen LogP contribution is 2.32. The first-order chi connectivity index (χ1) is 13.2. The molecule has 27 heavy (non-hydrogen) atoms. The van der Waals surface area contributed by atoms with E-state index in [9.17, 15) is 0 Å². The summed E-state index contributed by atoms with van der Waals surface area (Å²) >= 11 is 12.2. The molecule has 2 atom stereocenters. The first kappa shape index (κ1) is 17.9. The van der Waals surface area contributed by atoms with Gasteiger partial charge in [0.15, 0.2) is 5.96 Å². The van der Waals surface area contributed by atoms with Gasteiger partial charge in [0.25, 0.3) is 0 Å². The number of guanidine groups is 1. The van der Waals surface area contributed by atoms with Crippen LogP contribution in [0.5, 0.6) is 0 Å². The van der Waals surface area contributed by atoms with Gasteiger partial charge in [-0.3, -0.25) is 0 Å². The maximum Gasteiger partial charge on any atom is 0.192 e. The van der Waals surface area contributed by atoms with Gasteiger partial charge in [0.2, 0.25) is 0 Å². The lowest BCUT2D eigenvalue weighted by molar-refractivity contribution is 0.554. The summed E-state index contributed by atoms with van der Waals surface area (Å²) in [6.07, 6.45) is 0. The van der Waals surface area contributed by atoms with Crippen LogP contribution in [0, 0.1) is 0 Å². The van der Waals surface area contributed by atoms with E-state index in [2.05, 4.69) is 59.2 Å². The Bertz CT molecular complexity index is 893. The van der Waals surface area contributed by atoms with Gasteiger partial charge in [0, 0.05) is 10.0 Å². The second-order valence-electron chi connectivity index (χ2n) is 6.47. The van der Waals surface area contributed by atoms with E-state index in [4.69, 9.17) is 28.2 Å². The van der Waals surface area contributed by atoms with Crippen LogP contribution in [0.15, 0.2) is 83.9 Å². The van der Waals surface area contributed by atoms with Crippen LogP contribution in [0.1, 0.15) is 28.8 Å². The summed E-state index contributed by atoms with van der Waals surface area (Å²) in [7, 11) is 0. The summed E-state index contributed by atoms with van der Waals surface area (Å²) < 4.78 is 0. The molecular formula is C22H19Cl2N3. The maximum absolute atomic E-state index is 6.27. The SMILES string of the molecule is Clc1ccc(CN=C2NC(c3ccccc3)C(c3ccccc3)N2)c(Cl)c1. The minimum atomic E-state index is 0.105. The fourth-order valence-electron chi connectivity index (χ4n) is 3.28. The molecule has 5 heteroatoms. The van der Waals surface area contributed by atoms with Crippen molar-refractivity contribution in [3.63, 3.8) is 0 Å². The van der Waals surface area contributed by atoms with E-state index >= 15 is 0 Å². The third-order valence-electron chi connectivity index (χ3n) is 4.66. The molecule has 1 aliphatic heterocycles. The molecule has 0 bridgehead atoms. The Kier molecular flexibility index (Phi) is 5.33. The summed E-state index contributed by atoms with van der Waals surface area (Å²) in [6, 6.07) is 26.5. The number of benzene rings is 3. The highest BCUT2D eigenvalue weighted by atomic mass is 35.5. The van der Waals surface area contributed by atoms with E-state index in [0.717, 1.165) is 11.5 Å². The van der Waals surface area contributed by atoms with Gasteiger partial charge in [-0.2, -0.15) is 0 Å². The number of nitrogens with one attached hydrogen (secondary N) is 2. The van der Waals surface area contributed by atoms with Gasteiger partial charge < -0.3 is 10.6 Å². The van der Waals surface area contributed by atoms with Crippen molar-refractivity contribution in [1.82, 2.24) is 10.6 Å². The number of nitrogens with zero attached hydrogens (tertiary/aromatic N) is 1. The largest absolute Gasteiger partial charge is 0.347 e. The van der Waals surface area contributed by atoms with Crippen LogP contribution in [0.3, 0.4) is 0 Å². The summed E-state index contributed by atoms with van der Waals surface area (Å²) in [6.45, 7) is 0.481. The molecule has 1 fully saturated rings. The number of rotatable bonds is 4. The summed E-state index contributed by atoms with van der Waals surface area (Å²) in [5.74, 6) is 0.767. The highest BCUT2D eigenvalue weighted by molar-refractivity contribution is 6.35. The molecule has 136 valence electrons. The summed E-state index contributed by atoms with van der Waals surface area (Å²) in [5.41, 5.74) is 3.37. The second kappa shape index (κ2) is 8.03. The molecule has 1 saturated heterocycles. The molecule has 0 spiro atoms. The Hall–Kier alpha value is -2.49. The van der Waals surface area contributed by atoms with Crippen LogP contribution in [0.4, 0.5) is 0 Å². The molecule has 3 nitrogen and oxygen atoms in total. The molecule has 0 saturated carbocycles. The second-order valence-corrected chi connectivity index (χ2v) is 7.31. The van der Waals surface area contributed by atoms with E-state index < -0.39 is 0 Å². The molecule has 1 aliphatic rings. The van der Waals surface area contributed by atoms with Gasteiger partial charge >= 0.3 is 0 Å². The molecule has 1 heterocycles. The van der Waals surface area contributed by atoms with Gasteiger partial charge in [-0.1, -0.05) is 89.9 Å². The fraction of sp³-hybridized carbons (Fsp3) is 0.136. The lowest BCUT2D eigenvalue weighted by atomic mass is 9.95. The van der Waals surface area contributed by atoms with Crippen LogP contribution < -0.4 is 10.6 Å². The van der Waals surface area contributed by atoms with Crippen molar-refractivity contribution >= 4 is 29.2 Å². The Balaban J connectivity index is 1.60. The minimum absolute atomic E-state index is 0.105. The third kappa shape index (κ3) is 4.10. The molecule has 3 aromatic carbocycles. The van der Waals surface area contributed by atoms with E-state index in [1.54, 1.807) is 6.07 Å². The van der Waals surface area contributed by atoms with Gasteiger partial charge in [-0.25, -0.2) is 4.99 Å². The Labute approximate surface area is 169 Å². The highest BCUT2D eigenvalue weighted by Gasteiger charge is 2.32. The predicted molar refractivity (Wildman–Crippen MR) is 112 cm³/mol. The quantitative estimate of drug-likeness (QED) is 0.609. The smallest absolute Gasteiger partial charge is 0.192 e. The van der Waals surface area contributed by atoms with Crippen LogP contribution in [-0.4, -0.2) is 5.96 Å². The van der Waals surface area contributed by atoms with Crippen molar-refractivity contribution in [3.8, 4) is 0 Å². The molecule has 0 radical (unpaired) electrons. The van der Waals surface area contributed by atoms with Gasteiger partial charge in [-0.15, -0.1) is 0 Å². The van der Waals surface area contributed by atoms with Crippen molar-refractivity contribution in [3.05, 3.63) is 106 Å². The molecule has 0 aliphatic carbocycles. The fourth-order valence-corrected chi connectivity index (χ4v) is 3.75. The zero-order valence-electron chi connectivity index (χ0n) is 14.6. The van der Waals surface area contributed by atoms with E-state index in [1.807, 2.05) is 24.3 Å². The first-order valence-electron chi connectivity index (χ1n) is 8.82. The molecule has 3 aromatic rings. The van der Waals surface area contributed by atoms with Crippen molar-refractivity contribution in [2.45, 2.75) is 18.6 Å². The molecule has 0 aromatic heterocycles. The van der Waals surface area contributed by atoms with Gasteiger partial charge in [-0.05, 0) is 28.8 Å². The van der Waals surface area contributed by atoms with Crippen molar-refractivity contribution in [2.75, 3.05) is 0 Å². The third-order valence-corrected chi connectivity index (χ3v) is 5.24. The van der Waals surface area contributed by atoms with Crippen LogP contribution in [0.25, 0.3) is 0 Å². The number of hydrogen-bond donors (Lipinski definition) is 2. The van der Waals surface area contributed by atoms with E-state index in [1.165, 1.54) is 11.1 Å². The van der Waals surface area contributed by atoms with Crippen LogP contribution in [0.2, 0.25) is 10.0 Å².